The molecule has 154 valence electrons. The second-order valence-electron chi connectivity index (χ2n) is 7.90. The molecule has 3 atom stereocenters. The minimum atomic E-state index is -2.03. The van der Waals surface area contributed by atoms with Crippen LogP contribution in [0.15, 0.2) is 53.1 Å². The number of furan rings is 1. The van der Waals surface area contributed by atoms with Crippen LogP contribution in [0.4, 0.5) is 0 Å². The number of carbonyl (C=O) groups is 1. The lowest BCUT2D eigenvalue weighted by Crippen LogP contribution is -2.50. The molecule has 1 saturated heterocycles. The summed E-state index contributed by atoms with van der Waals surface area (Å²) in [6, 6.07) is 13.5. The van der Waals surface area contributed by atoms with Gasteiger partial charge in [0.2, 0.25) is 0 Å². The van der Waals surface area contributed by atoms with Gasteiger partial charge < -0.3 is 29.2 Å². The van der Waals surface area contributed by atoms with E-state index in [1.165, 1.54) is 0 Å². The molecule has 2 bridgehead atoms. The maximum absolute atomic E-state index is 13.3. The van der Waals surface area contributed by atoms with E-state index >= 15 is 0 Å². The number of hydrogen-bond donors (Lipinski definition) is 3. The molecule has 3 aromatic rings. The first-order valence-corrected chi connectivity index (χ1v) is 10.0. The third-order valence-corrected chi connectivity index (χ3v) is 6.07. The zero-order valence-electron chi connectivity index (χ0n) is 16.5. The Morgan fingerprint density at radius 1 is 1.30 bits per heavy atom. The Bertz CT molecular complexity index is 1110. The number of benzene rings is 2. The van der Waals surface area contributed by atoms with Crippen molar-refractivity contribution < 1.29 is 28.7 Å². The number of para-hydroxylation sites is 1. The smallest absolute Gasteiger partial charge is 0.464 e. The van der Waals surface area contributed by atoms with Crippen molar-refractivity contribution in [2.45, 2.75) is 44.1 Å². The first-order valence-electron chi connectivity index (χ1n) is 10.0. The minimum Gasteiger partial charge on any atom is -0.464 e. The Morgan fingerprint density at radius 2 is 2.13 bits per heavy atom. The van der Waals surface area contributed by atoms with E-state index in [1.807, 2.05) is 49.4 Å². The van der Waals surface area contributed by atoms with Crippen molar-refractivity contribution in [1.82, 2.24) is 5.32 Å². The quantitative estimate of drug-likeness (QED) is 0.429. The molecule has 0 aliphatic carbocycles. The summed E-state index contributed by atoms with van der Waals surface area (Å²) in [5.41, 5.74) is 3.38. The highest BCUT2D eigenvalue weighted by Gasteiger charge is 2.55. The molecule has 30 heavy (non-hydrogen) atoms. The summed E-state index contributed by atoms with van der Waals surface area (Å²) >= 11 is 0. The molecule has 1 amide bonds. The Hall–Kier alpha value is -2.65. The lowest BCUT2D eigenvalue weighted by Gasteiger charge is -2.28. The third kappa shape index (κ3) is 3.04. The largest absolute Gasteiger partial charge is 0.635 e. The number of rotatable bonds is 6. The van der Waals surface area contributed by atoms with Crippen LogP contribution in [0.3, 0.4) is 0 Å². The SMILES string of the molecule is Cc1cccc2c(C[C@H](NC(=O)[C@]34CC[C@H](O3)c3ccccc34)OB(O)O)coc12. The van der Waals surface area contributed by atoms with E-state index in [1.54, 1.807) is 6.26 Å². The number of hydrogen-bond acceptors (Lipinski definition) is 6. The number of nitrogens with one attached hydrogen (secondary N) is 1. The second-order valence-corrected chi connectivity index (χ2v) is 7.90. The predicted molar refractivity (Wildman–Crippen MR) is 109 cm³/mol. The lowest BCUT2D eigenvalue weighted by molar-refractivity contribution is -0.147. The molecular formula is C22H22BNO6. The monoisotopic (exact) mass is 407 g/mol. The van der Waals surface area contributed by atoms with E-state index in [4.69, 9.17) is 13.8 Å². The predicted octanol–water partition coefficient (Wildman–Crippen LogP) is 2.47. The van der Waals surface area contributed by atoms with Crippen molar-refractivity contribution in [3.05, 3.63) is 71.0 Å². The molecular weight excluding hydrogens is 385 g/mol. The molecule has 3 N–H and O–H groups in total. The third-order valence-electron chi connectivity index (χ3n) is 6.07. The molecule has 3 heterocycles. The normalized spacial score (nSPS) is 22.8. The summed E-state index contributed by atoms with van der Waals surface area (Å²) < 4.78 is 17.0. The van der Waals surface area contributed by atoms with Crippen LogP contribution >= 0.6 is 0 Å². The lowest BCUT2D eigenvalue weighted by atomic mass is 9.81. The fourth-order valence-electron chi connectivity index (χ4n) is 4.70. The van der Waals surface area contributed by atoms with Crippen LogP contribution in [0.5, 0.6) is 0 Å². The van der Waals surface area contributed by atoms with Crippen LogP contribution in [-0.4, -0.2) is 29.5 Å². The molecule has 2 aliphatic rings. The standard InChI is InChI=1S/C22H22BNO6/c1-13-5-4-7-15-14(12-28-20(13)15)11-19(30-23(26)27)24-21(25)22-10-9-18(29-22)16-6-2-3-8-17(16)22/h2-8,12,18-19,26-27H,9-11H2,1H3,(H,24,25)/t18-,19+,22+/m0/s1. The van der Waals surface area contributed by atoms with Gasteiger partial charge in [-0.25, -0.2) is 0 Å². The van der Waals surface area contributed by atoms with Gasteiger partial charge in [0.1, 0.15) is 11.8 Å². The van der Waals surface area contributed by atoms with E-state index in [2.05, 4.69) is 5.32 Å². The fraction of sp³-hybridized carbons (Fsp3) is 0.318. The Labute approximate surface area is 173 Å². The highest BCUT2D eigenvalue weighted by atomic mass is 16.6. The van der Waals surface area contributed by atoms with Gasteiger partial charge in [-0.05, 0) is 36.5 Å². The van der Waals surface area contributed by atoms with Crippen molar-refractivity contribution in [2.75, 3.05) is 0 Å². The highest BCUT2D eigenvalue weighted by molar-refractivity contribution is 6.32. The fourth-order valence-corrected chi connectivity index (χ4v) is 4.70. The van der Waals surface area contributed by atoms with E-state index in [0.717, 1.165) is 39.6 Å². The van der Waals surface area contributed by atoms with Crippen LogP contribution in [0.2, 0.25) is 0 Å². The van der Waals surface area contributed by atoms with E-state index in [-0.39, 0.29) is 18.4 Å². The van der Waals surface area contributed by atoms with Crippen molar-refractivity contribution in [3.8, 4) is 0 Å². The molecule has 0 unspecified atom stereocenters. The highest BCUT2D eigenvalue weighted by Crippen LogP contribution is 2.54. The Kier molecular flexibility index (Phi) is 4.67. The molecule has 1 aromatic heterocycles. The van der Waals surface area contributed by atoms with Crippen molar-refractivity contribution in [3.63, 3.8) is 0 Å². The van der Waals surface area contributed by atoms with Crippen molar-refractivity contribution >= 4 is 24.2 Å². The molecule has 1 fully saturated rings. The van der Waals surface area contributed by atoms with Gasteiger partial charge >= 0.3 is 7.32 Å². The average Bonchev–Trinajstić information content (AvgIpc) is 3.42. The minimum absolute atomic E-state index is 0.0875. The molecule has 0 radical (unpaired) electrons. The zero-order valence-corrected chi connectivity index (χ0v) is 16.5. The Balaban J connectivity index is 1.41. The van der Waals surface area contributed by atoms with Crippen LogP contribution in [0.1, 0.15) is 41.2 Å². The van der Waals surface area contributed by atoms with Gasteiger partial charge in [0.25, 0.3) is 5.91 Å². The average molecular weight is 407 g/mol. The number of aryl methyl sites for hydroxylation is 1. The zero-order chi connectivity index (χ0) is 20.9. The van der Waals surface area contributed by atoms with Crippen LogP contribution in [0, 0.1) is 6.92 Å². The maximum atomic E-state index is 13.3. The van der Waals surface area contributed by atoms with Gasteiger partial charge in [-0.1, -0.05) is 42.5 Å². The molecule has 2 aliphatic heterocycles. The molecule has 0 saturated carbocycles. The number of ether oxygens (including phenoxy) is 1. The summed E-state index contributed by atoms with van der Waals surface area (Å²) in [5, 5.41) is 22.5. The van der Waals surface area contributed by atoms with Crippen molar-refractivity contribution in [1.29, 1.82) is 0 Å². The molecule has 2 aromatic carbocycles. The molecule has 0 spiro atoms. The summed E-state index contributed by atoms with van der Waals surface area (Å²) in [5.74, 6) is -0.343. The summed E-state index contributed by atoms with van der Waals surface area (Å²) in [4.78, 5) is 13.3. The van der Waals surface area contributed by atoms with Crippen molar-refractivity contribution in [2.24, 2.45) is 0 Å². The summed E-state index contributed by atoms with van der Waals surface area (Å²) in [6.45, 7) is 1.95. The second kappa shape index (κ2) is 7.25. The van der Waals surface area contributed by atoms with Gasteiger partial charge in [0.15, 0.2) is 5.60 Å². The van der Waals surface area contributed by atoms with Crippen LogP contribution in [0.25, 0.3) is 11.0 Å². The van der Waals surface area contributed by atoms with Crippen LogP contribution < -0.4 is 5.32 Å². The van der Waals surface area contributed by atoms with E-state index in [0.29, 0.717) is 6.42 Å². The first-order chi connectivity index (χ1) is 14.5. The van der Waals surface area contributed by atoms with E-state index < -0.39 is 19.2 Å². The number of fused-ring (bicyclic) bond motifs is 6. The molecule has 5 rings (SSSR count). The number of amides is 1. The molecule has 7 nitrogen and oxygen atoms in total. The van der Waals surface area contributed by atoms with Gasteiger partial charge in [0, 0.05) is 17.4 Å². The number of carbonyl (C=O) groups excluding carboxylic acids is 1. The topological polar surface area (TPSA) is 101 Å². The maximum Gasteiger partial charge on any atom is 0.635 e. The van der Waals surface area contributed by atoms with E-state index in [9.17, 15) is 14.8 Å². The van der Waals surface area contributed by atoms with Gasteiger partial charge in [-0.3, -0.25) is 4.79 Å². The summed E-state index contributed by atoms with van der Waals surface area (Å²) in [6.07, 6.45) is 2.10. The van der Waals surface area contributed by atoms with Crippen LogP contribution in [-0.2, 0) is 26.2 Å². The van der Waals surface area contributed by atoms with Gasteiger partial charge in [0.05, 0.1) is 12.4 Å². The first kappa shape index (κ1) is 19.3. The van der Waals surface area contributed by atoms with Gasteiger partial charge in [-0.15, -0.1) is 0 Å². The Morgan fingerprint density at radius 3 is 2.97 bits per heavy atom. The summed E-state index contributed by atoms with van der Waals surface area (Å²) in [7, 11) is -2.03. The van der Waals surface area contributed by atoms with Gasteiger partial charge in [-0.2, -0.15) is 0 Å². The molecule has 8 heteroatoms.